The number of fused-ring (bicyclic) bond motifs is 3. The van der Waals surface area contributed by atoms with E-state index in [1.807, 2.05) is 66.7 Å². The first-order valence-corrected chi connectivity index (χ1v) is 9.52. The van der Waals surface area contributed by atoms with Gasteiger partial charge in [0.1, 0.15) is 0 Å². The first kappa shape index (κ1) is 17.9. The number of oxazole rings is 1. The topological polar surface area (TPSA) is 74.4 Å². The highest BCUT2D eigenvalue weighted by molar-refractivity contribution is 5.76. The minimum Gasteiger partial charge on any atom is -0.423 e. The van der Waals surface area contributed by atoms with Crippen LogP contribution in [0.3, 0.4) is 0 Å². The molecule has 30 heavy (non-hydrogen) atoms. The largest absolute Gasteiger partial charge is 0.423 e. The average Bonchev–Trinajstić information content (AvgIpc) is 3.34. The summed E-state index contributed by atoms with van der Waals surface area (Å²) in [7, 11) is 1.60. The molecule has 0 unspecified atom stereocenters. The lowest BCUT2D eigenvalue weighted by atomic mass is 10.2. The van der Waals surface area contributed by atoms with Crippen molar-refractivity contribution in [3.05, 3.63) is 99.3 Å². The van der Waals surface area contributed by atoms with Crippen molar-refractivity contribution in [2.45, 2.75) is 6.54 Å². The van der Waals surface area contributed by atoms with Gasteiger partial charge in [-0.05, 0) is 5.56 Å². The molecule has 0 radical (unpaired) electrons. The highest BCUT2D eigenvalue weighted by atomic mass is 16.4. The summed E-state index contributed by atoms with van der Waals surface area (Å²) in [5, 5.41) is 0. The number of hydrogen-bond donors (Lipinski definition) is 0. The fourth-order valence-electron chi connectivity index (χ4n) is 3.51. The minimum atomic E-state index is -0.422. The van der Waals surface area contributed by atoms with Gasteiger partial charge in [-0.25, -0.2) is 4.79 Å². The Morgan fingerprint density at radius 3 is 2.43 bits per heavy atom. The highest BCUT2D eigenvalue weighted by Crippen LogP contribution is 2.24. The first-order valence-electron chi connectivity index (χ1n) is 9.52. The number of allylic oxidation sites excluding steroid dienone is 1. The van der Waals surface area contributed by atoms with Crippen molar-refractivity contribution >= 4 is 23.1 Å². The Bertz CT molecular complexity index is 1500. The van der Waals surface area contributed by atoms with Crippen molar-refractivity contribution in [3.63, 3.8) is 0 Å². The smallest absolute Gasteiger partial charge is 0.332 e. The summed E-state index contributed by atoms with van der Waals surface area (Å²) in [5.41, 5.74) is 1.66. The lowest BCUT2D eigenvalue weighted by molar-refractivity contribution is 0.610. The third-order valence-electron chi connectivity index (χ3n) is 5.05. The predicted molar refractivity (Wildman–Crippen MR) is 115 cm³/mol. The second kappa shape index (κ2) is 7.04. The normalized spacial score (nSPS) is 11.8. The molecule has 5 rings (SSSR count). The molecule has 0 saturated heterocycles. The molecule has 2 aromatic carbocycles. The van der Waals surface area contributed by atoms with E-state index in [-0.39, 0.29) is 12.4 Å². The van der Waals surface area contributed by atoms with Crippen molar-refractivity contribution in [1.82, 2.24) is 18.5 Å². The molecule has 0 bridgehead atoms. The van der Waals surface area contributed by atoms with Crippen LogP contribution in [0.25, 0.3) is 34.4 Å². The molecule has 0 aliphatic rings. The Morgan fingerprint density at radius 1 is 1.00 bits per heavy atom. The van der Waals surface area contributed by atoms with Gasteiger partial charge in [-0.15, -0.1) is 0 Å². The van der Waals surface area contributed by atoms with Crippen LogP contribution in [0.5, 0.6) is 0 Å². The molecule has 0 amide bonds. The molecule has 5 aromatic rings. The van der Waals surface area contributed by atoms with Crippen LogP contribution in [0.1, 0.15) is 5.56 Å². The third kappa shape index (κ3) is 2.88. The van der Waals surface area contributed by atoms with E-state index >= 15 is 0 Å². The van der Waals surface area contributed by atoms with Crippen molar-refractivity contribution in [3.8, 4) is 11.3 Å². The van der Waals surface area contributed by atoms with E-state index in [1.54, 1.807) is 23.7 Å². The second-order valence-corrected chi connectivity index (χ2v) is 6.97. The lowest BCUT2D eigenvalue weighted by Gasteiger charge is -2.05. The Kier molecular flexibility index (Phi) is 4.21. The van der Waals surface area contributed by atoms with Crippen molar-refractivity contribution in [2.24, 2.45) is 7.05 Å². The average molecular weight is 398 g/mol. The minimum absolute atomic E-state index is 0.160. The van der Waals surface area contributed by atoms with Crippen LogP contribution in [0, 0.1) is 0 Å². The van der Waals surface area contributed by atoms with E-state index in [9.17, 15) is 9.59 Å². The number of benzene rings is 2. The quantitative estimate of drug-likeness (QED) is 0.465. The highest BCUT2D eigenvalue weighted by Gasteiger charge is 2.19. The number of rotatable bonds is 4. The molecular weight excluding hydrogens is 380 g/mol. The van der Waals surface area contributed by atoms with Gasteiger partial charge in [-0.1, -0.05) is 72.8 Å². The number of imidazole rings is 1. The van der Waals surface area contributed by atoms with Gasteiger partial charge >= 0.3 is 11.5 Å². The summed E-state index contributed by atoms with van der Waals surface area (Å²) < 4.78 is 10.0. The zero-order chi connectivity index (χ0) is 20.7. The Hall–Kier alpha value is -4.13. The van der Waals surface area contributed by atoms with Crippen LogP contribution in [0.2, 0.25) is 0 Å². The zero-order valence-corrected chi connectivity index (χ0v) is 16.2. The Balaban J connectivity index is 1.64. The van der Waals surface area contributed by atoms with Crippen molar-refractivity contribution in [2.75, 3.05) is 0 Å². The van der Waals surface area contributed by atoms with Gasteiger partial charge < -0.3 is 4.42 Å². The number of aromatic nitrogens is 4. The summed E-state index contributed by atoms with van der Waals surface area (Å²) in [6.45, 7) is 0.160. The number of aryl methyl sites for hydroxylation is 1. The molecule has 0 fully saturated rings. The molecule has 0 aliphatic carbocycles. The van der Waals surface area contributed by atoms with Gasteiger partial charge in [0.2, 0.25) is 0 Å². The van der Waals surface area contributed by atoms with Gasteiger partial charge in [0.05, 0.1) is 6.20 Å². The second-order valence-electron chi connectivity index (χ2n) is 6.97. The number of nitrogens with zero attached hydrogens (tertiary/aromatic N) is 4. The summed E-state index contributed by atoms with van der Waals surface area (Å²) in [4.78, 5) is 30.3. The summed E-state index contributed by atoms with van der Waals surface area (Å²) in [6, 6.07) is 19.3. The molecule has 0 aliphatic heterocycles. The molecule has 0 saturated carbocycles. The van der Waals surface area contributed by atoms with Crippen molar-refractivity contribution in [1.29, 1.82) is 0 Å². The summed E-state index contributed by atoms with van der Waals surface area (Å²) in [5.74, 6) is 0.873. The maximum Gasteiger partial charge on any atom is 0.332 e. The van der Waals surface area contributed by atoms with E-state index in [1.165, 1.54) is 9.13 Å². The zero-order valence-electron chi connectivity index (χ0n) is 16.2. The van der Waals surface area contributed by atoms with Crippen LogP contribution < -0.4 is 11.2 Å². The lowest BCUT2D eigenvalue weighted by Crippen LogP contribution is -2.39. The SMILES string of the molecule is Cn1c(=O)n(C/C=C/c2ccccc2)c(=O)c2c1nc1oc(-c3ccccc3)cn12. The molecule has 7 heteroatoms. The first-order chi connectivity index (χ1) is 14.6. The monoisotopic (exact) mass is 398 g/mol. The molecule has 3 heterocycles. The summed E-state index contributed by atoms with van der Waals surface area (Å²) >= 11 is 0. The molecular formula is C23H18N4O3. The van der Waals surface area contributed by atoms with E-state index in [0.29, 0.717) is 16.9 Å². The van der Waals surface area contributed by atoms with E-state index in [2.05, 4.69) is 4.98 Å². The maximum absolute atomic E-state index is 13.2. The van der Waals surface area contributed by atoms with Gasteiger partial charge in [0, 0.05) is 19.2 Å². The van der Waals surface area contributed by atoms with Gasteiger partial charge in [0.25, 0.3) is 5.56 Å². The molecule has 0 N–H and O–H groups in total. The van der Waals surface area contributed by atoms with Crippen LogP contribution in [0.4, 0.5) is 0 Å². The third-order valence-corrected chi connectivity index (χ3v) is 5.05. The fourth-order valence-corrected chi connectivity index (χ4v) is 3.51. The molecule has 0 atom stereocenters. The van der Waals surface area contributed by atoms with E-state index < -0.39 is 11.2 Å². The molecule has 7 nitrogen and oxygen atoms in total. The van der Waals surface area contributed by atoms with Crippen LogP contribution in [-0.4, -0.2) is 18.5 Å². The molecule has 3 aromatic heterocycles. The standard InChI is InChI=1S/C23H18N4O3/c1-25-20-19(27-15-18(30-22(27)24-20)17-12-6-3-7-13-17)21(28)26(23(25)29)14-8-11-16-9-4-2-5-10-16/h2-13,15H,14H2,1H3/b11-8+. The van der Waals surface area contributed by atoms with Crippen LogP contribution in [-0.2, 0) is 13.6 Å². The van der Waals surface area contributed by atoms with Crippen molar-refractivity contribution < 1.29 is 4.42 Å². The maximum atomic E-state index is 13.2. The van der Waals surface area contributed by atoms with E-state index in [4.69, 9.17) is 4.42 Å². The van der Waals surface area contributed by atoms with Crippen LogP contribution in [0.15, 0.2) is 86.9 Å². The molecule has 148 valence electrons. The van der Waals surface area contributed by atoms with Gasteiger partial charge in [-0.2, -0.15) is 4.98 Å². The van der Waals surface area contributed by atoms with E-state index in [0.717, 1.165) is 11.1 Å². The predicted octanol–water partition coefficient (Wildman–Crippen LogP) is 3.32. The van der Waals surface area contributed by atoms with Gasteiger partial charge in [0.15, 0.2) is 16.9 Å². The Morgan fingerprint density at radius 2 is 1.70 bits per heavy atom. The summed E-state index contributed by atoms with van der Waals surface area (Å²) in [6.07, 6.45) is 5.41. The fraction of sp³-hybridized carbons (Fsp3) is 0.0870. The van der Waals surface area contributed by atoms with Gasteiger partial charge in [-0.3, -0.25) is 18.3 Å². The molecule has 0 spiro atoms. The Labute approximate surface area is 170 Å². The number of hydrogen-bond acceptors (Lipinski definition) is 4. The van der Waals surface area contributed by atoms with Crippen LogP contribution >= 0.6 is 0 Å².